The van der Waals surface area contributed by atoms with E-state index in [1.165, 1.54) is 12.1 Å². The van der Waals surface area contributed by atoms with Gasteiger partial charge in [0.15, 0.2) is 0 Å². The predicted molar refractivity (Wildman–Crippen MR) is 70.8 cm³/mol. The molecular weight excluding hydrogens is 248 g/mol. The molecule has 1 aromatic rings. The van der Waals surface area contributed by atoms with Gasteiger partial charge in [-0.15, -0.1) is 0 Å². The summed E-state index contributed by atoms with van der Waals surface area (Å²) in [7, 11) is 0. The number of nitro benzene ring substituents is 1. The molecule has 0 aliphatic carbocycles. The van der Waals surface area contributed by atoms with Crippen LogP contribution in [0.3, 0.4) is 0 Å². The van der Waals surface area contributed by atoms with Crippen molar-refractivity contribution in [2.75, 3.05) is 0 Å². The third kappa shape index (κ3) is 5.05. The van der Waals surface area contributed by atoms with Gasteiger partial charge in [0.25, 0.3) is 5.69 Å². The van der Waals surface area contributed by atoms with E-state index < -0.39 is 16.9 Å². The Balaban J connectivity index is 2.66. The molecular formula is C13H18N2O4. The number of aliphatic carboxylic acids is 1. The first kappa shape index (κ1) is 15.1. The molecule has 104 valence electrons. The number of carbonyl (C=O) groups is 1. The van der Waals surface area contributed by atoms with Crippen LogP contribution in [-0.2, 0) is 11.3 Å². The summed E-state index contributed by atoms with van der Waals surface area (Å²) in [5.41, 5.74) is 0.708. The lowest BCUT2D eigenvalue weighted by atomic mass is 10.0. The minimum absolute atomic E-state index is 0.00929. The molecule has 0 spiro atoms. The van der Waals surface area contributed by atoms with Crippen molar-refractivity contribution in [2.45, 2.75) is 32.9 Å². The van der Waals surface area contributed by atoms with Crippen LogP contribution in [-0.4, -0.2) is 22.0 Å². The van der Waals surface area contributed by atoms with E-state index in [9.17, 15) is 14.9 Å². The van der Waals surface area contributed by atoms with Gasteiger partial charge < -0.3 is 10.4 Å². The fourth-order valence-electron chi connectivity index (χ4n) is 1.76. The van der Waals surface area contributed by atoms with Crippen LogP contribution in [0.15, 0.2) is 24.3 Å². The highest BCUT2D eigenvalue weighted by Crippen LogP contribution is 2.13. The molecule has 1 rings (SSSR count). The first-order valence-corrected chi connectivity index (χ1v) is 6.09. The smallest absolute Gasteiger partial charge is 0.320 e. The number of benzene rings is 1. The average molecular weight is 266 g/mol. The van der Waals surface area contributed by atoms with Crippen LogP contribution < -0.4 is 5.32 Å². The Morgan fingerprint density at radius 1 is 1.47 bits per heavy atom. The van der Waals surface area contributed by atoms with Gasteiger partial charge in [-0.1, -0.05) is 26.0 Å². The summed E-state index contributed by atoms with van der Waals surface area (Å²) in [6.45, 7) is 4.20. The van der Waals surface area contributed by atoms with E-state index in [4.69, 9.17) is 5.11 Å². The molecule has 0 heterocycles. The molecule has 0 aliphatic rings. The maximum atomic E-state index is 11.1. The Bertz CT molecular complexity index is 460. The van der Waals surface area contributed by atoms with Crippen molar-refractivity contribution in [3.8, 4) is 0 Å². The van der Waals surface area contributed by atoms with Crippen LogP contribution in [0.25, 0.3) is 0 Å². The van der Waals surface area contributed by atoms with Gasteiger partial charge in [-0.05, 0) is 17.9 Å². The zero-order valence-electron chi connectivity index (χ0n) is 11.0. The highest BCUT2D eigenvalue weighted by atomic mass is 16.6. The summed E-state index contributed by atoms with van der Waals surface area (Å²) in [5.74, 6) is -0.641. The van der Waals surface area contributed by atoms with Crippen molar-refractivity contribution in [3.05, 3.63) is 39.9 Å². The van der Waals surface area contributed by atoms with E-state index in [0.717, 1.165) is 0 Å². The highest BCUT2D eigenvalue weighted by molar-refractivity contribution is 5.73. The molecule has 0 bridgehead atoms. The number of nitro groups is 1. The maximum absolute atomic E-state index is 11.1. The van der Waals surface area contributed by atoms with Crippen molar-refractivity contribution in [2.24, 2.45) is 5.92 Å². The first-order chi connectivity index (χ1) is 8.90. The van der Waals surface area contributed by atoms with Gasteiger partial charge >= 0.3 is 5.97 Å². The molecule has 6 nitrogen and oxygen atoms in total. The Kier molecular flexibility index (Phi) is 5.44. The van der Waals surface area contributed by atoms with Crippen LogP contribution in [0.2, 0.25) is 0 Å². The molecule has 0 aromatic heterocycles. The molecule has 1 atom stereocenters. The van der Waals surface area contributed by atoms with E-state index in [1.807, 2.05) is 13.8 Å². The Labute approximate surface area is 111 Å². The van der Waals surface area contributed by atoms with Gasteiger partial charge in [0, 0.05) is 18.7 Å². The number of hydrogen-bond donors (Lipinski definition) is 2. The van der Waals surface area contributed by atoms with Crippen molar-refractivity contribution >= 4 is 11.7 Å². The van der Waals surface area contributed by atoms with Gasteiger partial charge in [-0.3, -0.25) is 14.9 Å². The number of carboxylic acid groups (broad SMARTS) is 1. The van der Waals surface area contributed by atoms with E-state index in [1.54, 1.807) is 12.1 Å². The summed E-state index contributed by atoms with van der Waals surface area (Å²) in [6.07, 6.45) is 0.518. The highest BCUT2D eigenvalue weighted by Gasteiger charge is 2.18. The molecule has 1 aromatic carbocycles. The lowest BCUT2D eigenvalue weighted by Crippen LogP contribution is -2.37. The summed E-state index contributed by atoms with van der Waals surface area (Å²) >= 11 is 0. The Morgan fingerprint density at radius 3 is 2.68 bits per heavy atom. The predicted octanol–water partition coefficient (Wildman–Crippen LogP) is 2.18. The third-order valence-electron chi connectivity index (χ3n) is 2.68. The number of nitrogens with one attached hydrogen (secondary N) is 1. The van der Waals surface area contributed by atoms with Crippen LogP contribution in [0.5, 0.6) is 0 Å². The van der Waals surface area contributed by atoms with Gasteiger partial charge in [0.2, 0.25) is 0 Å². The van der Waals surface area contributed by atoms with E-state index in [-0.39, 0.29) is 11.6 Å². The summed E-state index contributed by atoms with van der Waals surface area (Å²) in [5, 5.41) is 22.6. The molecule has 0 amide bonds. The lowest BCUT2D eigenvalue weighted by Gasteiger charge is -2.16. The SMILES string of the molecule is CC(C)CC(NCc1cccc([N+](=O)[O-])c1)C(=O)O. The summed E-state index contributed by atoms with van der Waals surface area (Å²) in [4.78, 5) is 21.2. The second kappa shape index (κ2) is 6.84. The van der Waals surface area contributed by atoms with E-state index >= 15 is 0 Å². The zero-order chi connectivity index (χ0) is 14.4. The number of non-ortho nitro benzene ring substituents is 1. The van der Waals surface area contributed by atoms with Gasteiger partial charge in [0.05, 0.1) is 4.92 Å². The maximum Gasteiger partial charge on any atom is 0.320 e. The van der Waals surface area contributed by atoms with Crippen LogP contribution in [0.4, 0.5) is 5.69 Å². The summed E-state index contributed by atoms with van der Waals surface area (Å²) < 4.78 is 0. The monoisotopic (exact) mass is 266 g/mol. The third-order valence-corrected chi connectivity index (χ3v) is 2.68. The lowest BCUT2D eigenvalue weighted by molar-refractivity contribution is -0.384. The van der Waals surface area contributed by atoms with Crippen molar-refractivity contribution in [3.63, 3.8) is 0 Å². The van der Waals surface area contributed by atoms with Gasteiger partial charge in [-0.2, -0.15) is 0 Å². The molecule has 0 saturated carbocycles. The normalized spacial score (nSPS) is 12.4. The minimum atomic E-state index is -0.904. The number of rotatable bonds is 7. The van der Waals surface area contributed by atoms with Gasteiger partial charge in [-0.25, -0.2) is 0 Å². The fraction of sp³-hybridized carbons (Fsp3) is 0.462. The molecule has 6 heteroatoms. The largest absolute Gasteiger partial charge is 0.480 e. The van der Waals surface area contributed by atoms with Crippen LogP contribution in [0.1, 0.15) is 25.8 Å². The Hall–Kier alpha value is -1.95. The quantitative estimate of drug-likeness (QED) is 0.583. The number of hydrogen-bond acceptors (Lipinski definition) is 4. The van der Waals surface area contributed by atoms with Crippen molar-refractivity contribution in [1.82, 2.24) is 5.32 Å². The minimum Gasteiger partial charge on any atom is -0.480 e. The molecule has 19 heavy (non-hydrogen) atoms. The second-order valence-electron chi connectivity index (χ2n) is 4.83. The van der Waals surface area contributed by atoms with Crippen molar-refractivity contribution in [1.29, 1.82) is 0 Å². The Morgan fingerprint density at radius 2 is 2.16 bits per heavy atom. The van der Waals surface area contributed by atoms with Crippen LogP contribution in [0, 0.1) is 16.0 Å². The molecule has 2 N–H and O–H groups in total. The second-order valence-corrected chi connectivity index (χ2v) is 4.83. The first-order valence-electron chi connectivity index (χ1n) is 6.09. The molecule has 0 radical (unpaired) electrons. The number of nitrogens with zero attached hydrogens (tertiary/aromatic N) is 1. The molecule has 0 saturated heterocycles. The van der Waals surface area contributed by atoms with Crippen molar-refractivity contribution < 1.29 is 14.8 Å². The fourth-order valence-corrected chi connectivity index (χ4v) is 1.76. The van der Waals surface area contributed by atoms with Crippen LogP contribution >= 0.6 is 0 Å². The average Bonchev–Trinajstić information content (AvgIpc) is 2.34. The molecule has 1 unspecified atom stereocenters. The van der Waals surface area contributed by atoms with E-state index in [2.05, 4.69) is 5.32 Å². The number of carboxylic acids is 1. The summed E-state index contributed by atoms with van der Waals surface area (Å²) in [6, 6.07) is 5.54. The van der Waals surface area contributed by atoms with Gasteiger partial charge in [0.1, 0.15) is 6.04 Å². The molecule has 0 aliphatic heterocycles. The topological polar surface area (TPSA) is 92.5 Å². The zero-order valence-corrected chi connectivity index (χ0v) is 11.0. The standard InChI is InChI=1S/C13H18N2O4/c1-9(2)6-12(13(16)17)14-8-10-4-3-5-11(7-10)15(18)19/h3-5,7,9,12,14H,6,8H2,1-2H3,(H,16,17). The molecule has 0 fully saturated rings. The van der Waals surface area contributed by atoms with E-state index in [0.29, 0.717) is 18.5 Å².